The number of hydrogen-bond acceptors (Lipinski definition) is 4. The second-order valence-electron chi connectivity index (χ2n) is 21.8. The molecule has 0 amide bonds. The molecule has 0 fully saturated rings. The van der Waals surface area contributed by atoms with Crippen LogP contribution in [0.25, 0.3) is 143 Å². The maximum Gasteiger partial charge on any atom is 4.00 e. The summed E-state index contributed by atoms with van der Waals surface area (Å²) in [5.74, 6) is 1.03. The van der Waals surface area contributed by atoms with Gasteiger partial charge in [-0.3, -0.25) is 17.9 Å². The molecule has 402 valence electrons. The molecular weight excluding hydrogens is 1220 g/mol. The first-order valence-electron chi connectivity index (χ1n) is 28.3. The molecule has 0 radical (unpaired) electrons. The molecule has 10 nitrogen and oxygen atoms in total. The van der Waals surface area contributed by atoms with Gasteiger partial charge in [-0.15, -0.1) is 47.2 Å². The zero-order chi connectivity index (χ0) is 55.9. The van der Waals surface area contributed by atoms with E-state index in [2.05, 4.69) is 298 Å². The van der Waals surface area contributed by atoms with Crippen LogP contribution in [0.15, 0.2) is 218 Å². The van der Waals surface area contributed by atoms with E-state index in [9.17, 15) is 0 Å². The van der Waals surface area contributed by atoms with Gasteiger partial charge in [0.25, 0.3) is 12.7 Å². The average molecular weight is 1270 g/mol. The monoisotopic (exact) mass is 1270 g/mol. The molecule has 0 saturated carbocycles. The third-order valence-corrected chi connectivity index (χ3v) is 16.9. The number of nitrogens with zero attached hydrogens (tertiary/aromatic N) is 10. The second kappa shape index (κ2) is 19.3. The minimum Gasteiger partial charge on any atom is -0.302 e. The summed E-state index contributed by atoms with van der Waals surface area (Å²) in [5, 5.41) is 7.82. The fourth-order valence-corrected chi connectivity index (χ4v) is 13.1. The molecule has 0 spiro atoms. The Morgan fingerprint density at radius 2 is 0.553 bits per heavy atom. The maximum absolute atomic E-state index is 5.68. The fraction of sp³-hybridized carbons (Fsp3) is 0.0541. The van der Waals surface area contributed by atoms with Crippen LogP contribution in [0.1, 0.15) is 22.3 Å². The van der Waals surface area contributed by atoms with Crippen molar-refractivity contribution in [2.45, 2.75) is 27.7 Å². The van der Waals surface area contributed by atoms with Crippen molar-refractivity contribution in [3.8, 4) is 11.9 Å². The number of aryl methyl sites for hydroxylation is 4. The topological polar surface area (TPSA) is 78.4 Å². The van der Waals surface area contributed by atoms with Gasteiger partial charge < -0.3 is 8.80 Å². The van der Waals surface area contributed by atoms with Crippen molar-refractivity contribution in [1.82, 2.24) is 37.9 Å². The quantitative estimate of drug-likeness (QED) is 0.128. The third-order valence-electron chi connectivity index (χ3n) is 16.9. The molecule has 11 heteroatoms. The molecule has 85 heavy (non-hydrogen) atoms. The van der Waals surface area contributed by atoms with Gasteiger partial charge in [0.15, 0.2) is 0 Å². The van der Waals surface area contributed by atoms with E-state index in [0.717, 1.165) is 132 Å². The van der Waals surface area contributed by atoms with Gasteiger partial charge in [0.05, 0.1) is 55.2 Å². The smallest absolute Gasteiger partial charge is 0.302 e. The molecule has 17 rings (SSSR count). The van der Waals surface area contributed by atoms with E-state index >= 15 is 0 Å². The fourth-order valence-electron chi connectivity index (χ4n) is 13.1. The maximum atomic E-state index is 5.68. The van der Waals surface area contributed by atoms with Gasteiger partial charge in [0.2, 0.25) is 11.9 Å². The van der Waals surface area contributed by atoms with Crippen molar-refractivity contribution >= 4 is 131 Å². The normalized spacial score (nSPS) is 11.9. The minimum atomic E-state index is 0. The van der Waals surface area contributed by atoms with E-state index < -0.39 is 0 Å². The van der Waals surface area contributed by atoms with Crippen molar-refractivity contribution in [1.29, 1.82) is 0 Å². The molecule has 0 aliphatic carbocycles. The number of rotatable bonds is 2. The van der Waals surface area contributed by atoms with E-state index in [1.54, 1.807) is 0 Å². The summed E-state index contributed by atoms with van der Waals surface area (Å²) in [7, 11) is 0. The Labute approximate surface area is 501 Å². The molecular formula is C74H48N10Pt+2. The van der Waals surface area contributed by atoms with E-state index in [4.69, 9.17) is 19.9 Å². The number of fused-ring (bicyclic) bond motifs is 32. The summed E-state index contributed by atoms with van der Waals surface area (Å²) in [4.78, 5) is 22.7. The first kappa shape index (κ1) is 50.3. The van der Waals surface area contributed by atoms with Crippen molar-refractivity contribution in [3.63, 3.8) is 0 Å². The zero-order valence-electron chi connectivity index (χ0n) is 46.6. The summed E-state index contributed by atoms with van der Waals surface area (Å²) in [6.45, 7) is 8.67. The summed E-state index contributed by atoms with van der Waals surface area (Å²) in [6, 6.07) is 84.4. The predicted octanol–water partition coefficient (Wildman–Crippen LogP) is 15.6. The summed E-state index contributed by atoms with van der Waals surface area (Å²) in [5.41, 5.74) is 18.5. The third kappa shape index (κ3) is 7.54. The molecule has 7 heterocycles. The summed E-state index contributed by atoms with van der Waals surface area (Å²) in [6.07, 6.45) is 7.76. The molecule has 0 aliphatic heterocycles. The van der Waals surface area contributed by atoms with Gasteiger partial charge in [-0.05, 0) is 72.0 Å². The molecule has 0 saturated heterocycles. The van der Waals surface area contributed by atoms with Gasteiger partial charge in [-0.1, -0.05) is 205 Å². The van der Waals surface area contributed by atoms with Crippen LogP contribution >= 0.6 is 0 Å². The predicted molar refractivity (Wildman–Crippen MR) is 338 cm³/mol. The number of para-hydroxylation sites is 12. The number of hydrogen-bond donors (Lipinski definition) is 0. The van der Waals surface area contributed by atoms with E-state index in [1.807, 2.05) is 0 Å². The Bertz CT molecular complexity index is 5470. The molecule has 0 atom stereocenters. The molecule has 0 N–H and O–H groups in total. The first-order valence-corrected chi connectivity index (χ1v) is 28.3. The molecule has 7 aromatic heterocycles. The van der Waals surface area contributed by atoms with Crippen LogP contribution in [0.5, 0.6) is 0 Å². The van der Waals surface area contributed by atoms with Gasteiger partial charge in [-0.25, -0.2) is 19.9 Å². The largest absolute Gasteiger partial charge is 4.00 e. The Kier molecular flexibility index (Phi) is 11.5. The van der Waals surface area contributed by atoms with Gasteiger partial charge in [-0.2, -0.15) is 0 Å². The Morgan fingerprint density at radius 1 is 0.282 bits per heavy atom. The van der Waals surface area contributed by atoms with Crippen molar-refractivity contribution in [2.75, 3.05) is 0 Å². The number of imidazole rings is 2. The summed E-state index contributed by atoms with van der Waals surface area (Å²) >= 11 is 0. The number of aromatic nitrogens is 10. The SMILES string of the molecule is Cc1cccc2c3cccc(C)c3n(-c3nc4[c-]c(n3)c3ccccc3[n+]3[c-]n(c5ccccc5n5[c-][n+](c6ccccc6c6[c-]c(nc(-n7c8c(C)cccc8c8cccc(C)c87)n6)c6ccccc46)c4ccccc45)c4ccccc43)c12.[Pt+4]. The zero-order valence-corrected chi connectivity index (χ0v) is 48.8. The van der Waals surface area contributed by atoms with Crippen molar-refractivity contribution in [3.05, 3.63) is 265 Å². The van der Waals surface area contributed by atoms with Gasteiger partial charge >= 0.3 is 21.1 Å². The molecule has 8 bridgehead atoms. The van der Waals surface area contributed by atoms with Gasteiger partial charge in [0, 0.05) is 32.6 Å². The van der Waals surface area contributed by atoms with Crippen LogP contribution in [0.3, 0.4) is 0 Å². The minimum absolute atomic E-state index is 0. The van der Waals surface area contributed by atoms with Crippen LogP contribution in [0.2, 0.25) is 0 Å². The molecule has 10 aromatic carbocycles. The Balaban J connectivity index is 0.00000588. The van der Waals surface area contributed by atoms with Crippen LogP contribution in [0, 0.1) is 52.5 Å². The van der Waals surface area contributed by atoms with E-state index in [0.29, 0.717) is 34.0 Å². The van der Waals surface area contributed by atoms with E-state index in [1.165, 1.54) is 0 Å². The standard InChI is InChI=1S/C74H48N10.Pt/c1-45-21-17-29-51-52-30-18-22-46(2)70(52)83(69(45)51)73-75-57-41-59(77-73)55-27-7-9-33-61(55)79-43-81(65-37-13-11-35-63(65)79)67-39-15-16-40-68(67)82-44-80(64-36-12-14-38-66(64)82)62-34-10-8-28-56(62)60-42-58(50-26-6-5-25-49(50)57)76-74(78-60)84-71-47(3)23-19-31-53(71)54-32-20-24-48(4)72(54)84;/h5-40H,1-4H3;/q-2;+4. The average Bonchev–Trinajstić information content (AvgIpc) is 3.17. The van der Waals surface area contributed by atoms with E-state index in [-0.39, 0.29) is 21.1 Å². The Morgan fingerprint density at radius 3 is 0.906 bits per heavy atom. The van der Waals surface area contributed by atoms with Crippen LogP contribution in [-0.4, -0.2) is 37.9 Å². The van der Waals surface area contributed by atoms with Crippen molar-refractivity contribution in [2.24, 2.45) is 0 Å². The van der Waals surface area contributed by atoms with Crippen LogP contribution in [0.4, 0.5) is 0 Å². The second-order valence-corrected chi connectivity index (χ2v) is 21.8. The molecule has 17 aromatic rings. The van der Waals surface area contributed by atoms with Gasteiger partial charge in [0.1, 0.15) is 0 Å². The summed E-state index contributed by atoms with van der Waals surface area (Å²) < 4.78 is 13.1. The number of benzene rings is 10. The van der Waals surface area contributed by atoms with Crippen LogP contribution < -0.4 is 8.80 Å². The van der Waals surface area contributed by atoms with Crippen LogP contribution in [-0.2, 0) is 21.1 Å². The van der Waals surface area contributed by atoms with Crippen molar-refractivity contribution < 1.29 is 29.9 Å². The molecule has 0 aliphatic rings. The Hall–Kier alpha value is -10.4. The first-order chi connectivity index (χ1) is 41.3. The molecule has 0 unspecified atom stereocenters.